The van der Waals surface area contributed by atoms with Gasteiger partial charge < -0.3 is 10.2 Å². The van der Waals surface area contributed by atoms with Crippen molar-refractivity contribution >= 4 is 23.3 Å². The number of carboxylic acids is 2. The molecule has 0 saturated carbocycles. The standard InChI is InChI=1S/C16H23N5S.2C2HF3O2/c1-19-14(9-21-12-17-11-18-21)7-13-8-20(5-4-16(13)19)10-15-3-2-6-22-15;2*3-2(4,5)1(6)7/h2-3,6,11-14,16H,4-5,7-10H2,1H3;2*(H,6,7)/t13-,14+,16+;;/m1../s1. The predicted octanol–water partition coefficient (Wildman–Crippen LogP) is 3.20. The van der Waals surface area contributed by atoms with Gasteiger partial charge in [-0.25, -0.2) is 14.6 Å². The molecule has 3 atom stereocenters. The van der Waals surface area contributed by atoms with E-state index in [-0.39, 0.29) is 0 Å². The van der Waals surface area contributed by atoms with Crippen molar-refractivity contribution in [3.8, 4) is 0 Å². The molecule has 0 aromatic carbocycles. The Hall–Kier alpha value is -2.72. The number of nitrogens with zero attached hydrogens (tertiary/aromatic N) is 5. The number of likely N-dealkylation sites (N-methyl/N-ethyl adjacent to an activating group) is 1. The van der Waals surface area contributed by atoms with E-state index in [2.05, 4.69) is 44.4 Å². The van der Waals surface area contributed by atoms with Gasteiger partial charge in [0, 0.05) is 36.6 Å². The number of hydrogen-bond acceptors (Lipinski definition) is 7. The molecule has 0 aliphatic carbocycles. The van der Waals surface area contributed by atoms with Crippen LogP contribution >= 0.6 is 11.3 Å². The second kappa shape index (κ2) is 12.5. The number of rotatable bonds is 4. The molecule has 2 aliphatic rings. The Morgan fingerprint density at radius 1 is 1.14 bits per heavy atom. The van der Waals surface area contributed by atoms with Crippen LogP contribution in [0.25, 0.3) is 0 Å². The van der Waals surface area contributed by atoms with Gasteiger partial charge in [0.15, 0.2) is 0 Å². The molecular formula is C20H25F6N5O4S. The first-order valence-electron chi connectivity index (χ1n) is 10.6. The van der Waals surface area contributed by atoms with E-state index in [4.69, 9.17) is 19.8 Å². The number of hydrogen-bond donors (Lipinski definition) is 2. The molecular weight excluding hydrogens is 520 g/mol. The summed E-state index contributed by atoms with van der Waals surface area (Å²) in [5.41, 5.74) is 0. The first-order chi connectivity index (χ1) is 16.7. The third kappa shape index (κ3) is 9.05. The van der Waals surface area contributed by atoms with Gasteiger partial charge in [-0.1, -0.05) is 6.07 Å². The summed E-state index contributed by atoms with van der Waals surface area (Å²) < 4.78 is 65.4. The van der Waals surface area contributed by atoms with Crippen molar-refractivity contribution in [1.82, 2.24) is 24.6 Å². The molecule has 2 aromatic heterocycles. The van der Waals surface area contributed by atoms with Gasteiger partial charge in [-0.05, 0) is 37.3 Å². The average Bonchev–Trinajstić information content (AvgIpc) is 3.51. The van der Waals surface area contributed by atoms with Crippen molar-refractivity contribution in [3.05, 3.63) is 35.0 Å². The summed E-state index contributed by atoms with van der Waals surface area (Å²) in [4.78, 5) is 28.6. The largest absolute Gasteiger partial charge is 0.490 e. The van der Waals surface area contributed by atoms with Crippen LogP contribution < -0.4 is 0 Å². The molecule has 202 valence electrons. The zero-order chi connectivity index (χ0) is 27.1. The zero-order valence-electron chi connectivity index (χ0n) is 19.0. The van der Waals surface area contributed by atoms with Crippen molar-refractivity contribution in [2.24, 2.45) is 5.92 Å². The van der Waals surface area contributed by atoms with Gasteiger partial charge in [0.2, 0.25) is 0 Å². The normalized spacial score (nSPS) is 22.6. The van der Waals surface area contributed by atoms with Crippen molar-refractivity contribution in [3.63, 3.8) is 0 Å². The molecule has 0 radical (unpaired) electrons. The van der Waals surface area contributed by atoms with Crippen LogP contribution in [0.1, 0.15) is 17.7 Å². The van der Waals surface area contributed by atoms with Crippen molar-refractivity contribution in [2.75, 3.05) is 20.1 Å². The summed E-state index contributed by atoms with van der Waals surface area (Å²) in [5, 5.41) is 20.7. The number of piperidine rings is 1. The molecule has 0 bridgehead atoms. The third-order valence-corrected chi connectivity index (χ3v) is 6.62. The Labute approximate surface area is 205 Å². The molecule has 0 spiro atoms. The summed E-state index contributed by atoms with van der Waals surface area (Å²) in [6.07, 6.45) is -4.13. The molecule has 2 saturated heterocycles. The van der Waals surface area contributed by atoms with Gasteiger partial charge in [-0.3, -0.25) is 14.5 Å². The summed E-state index contributed by atoms with van der Waals surface area (Å²) >= 11 is 1.88. The lowest BCUT2D eigenvalue weighted by Crippen LogP contribution is -2.45. The van der Waals surface area contributed by atoms with E-state index in [9.17, 15) is 26.3 Å². The molecule has 0 amide bonds. The Morgan fingerprint density at radius 2 is 1.75 bits per heavy atom. The van der Waals surface area contributed by atoms with Gasteiger partial charge >= 0.3 is 24.3 Å². The summed E-state index contributed by atoms with van der Waals surface area (Å²) in [5.74, 6) is -4.72. The molecule has 4 heterocycles. The first kappa shape index (κ1) is 29.5. The number of carbonyl (C=O) groups is 2. The number of aliphatic carboxylic acids is 2. The number of alkyl halides is 6. The summed E-state index contributed by atoms with van der Waals surface area (Å²) in [6, 6.07) is 5.75. The Balaban J connectivity index is 0.000000271. The van der Waals surface area contributed by atoms with Crippen LogP contribution in [0.4, 0.5) is 26.3 Å². The van der Waals surface area contributed by atoms with Crippen molar-refractivity contribution in [1.29, 1.82) is 0 Å². The van der Waals surface area contributed by atoms with Gasteiger partial charge in [0.05, 0.1) is 6.54 Å². The van der Waals surface area contributed by atoms with E-state index in [1.807, 2.05) is 22.3 Å². The number of likely N-dealkylation sites (tertiary alicyclic amines) is 2. The van der Waals surface area contributed by atoms with Crippen molar-refractivity contribution < 1.29 is 46.1 Å². The van der Waals surface area contributed by atoms with E-state index in [0.717, 1.165) is 25.0 Å². The molecule has 16 heteroatoms. The van der Waals surface area contributed by atoms with Crippen LogP contribution in [0.15, 0.2) is 30.2 Å². The molecule has 2 fully saturated rings. The van der Waals surface area contributed by atoms with E-state index in [0.29, 0.717) is 6.04 Å². The van der Waals surface area contributed by atoms with Gasteiger partial charge in [0.25, 0.3) is 0 Å². The Kier molecular flexibility index (Phi) is 10.2. The van der Waals surface area contributed by atoms with Crippen LogP contribution in [0.2, 0.25) is 0 Å². The van der Waals surface area contributed by atoms with Crippen LogP contribution in [0.3, 0.4) is 0 Å². The van der Waals surface area contributed by atoms with Gasteiger partial charge in [0.1, 0.15) is 12.7 Å². The van der Waals surface area contributed by atoms with E-state index in [1.54, 1.807) is 6.33 Å². The average molecular weight is 546 g/mol. The predicted molar refractivity (Wildman–Crippen MR) is 115 cm³/mol. The van der Waals surface area contributed by atoms with Gasteiger partial charge in [-0.15, -0.1) is 11.3 Å². The maximum absolute atomic E-state index is 10.6. The second-order valence-corrected chi connectivity index (χ2v) is 9.24. The van der Waals surface area contributed by atoms with Crippen LogP contribution in [0, 0.1) is 5.92 Å². The highest BCUT2D eigenvalue weighted by atomic mass is 32.1. The minimum Gasteiger partial charge on any atom is -0.475 e. The maximum Gasteiger partial charge on any atom is 0.490 e. The fourth-order valence-electron chi connectivity index (χ4n) is 4.16. The Morgan fingerprint density at radius 3 is 2.22 bits per heavy atom. The minimum absolute atomic E-state index is 0.596. The van der Waals surface area contributed by atoms with Crippen LogP contribution in [0.5, 0.6) is 0 Å². The first-order valence-corrected chi connectivity index (χ1v) is 11.5. The third-order valence-electron chi connectivity index (χ3n) is 5.76. The van der Waals surface area contributed by atoms with E-state index >= 15 is 0 Å². The summed E-state index contributed by atoms with van der Waals surface area (Å²) in [6.45, 7) is 4.55. The molecule has 2 N–H and O–H groups in total. The second-order valence-electron chi connectivity index (χ2n) is 8.21. The lowest BCUT2D eigenvalue weighted by molar-refractivity contribution is -0.193. The molecule has 2 aliphatic heterocycles. The smallest absolute Gasteiger partial charge is 0.475 e. The molecule has 0 unspecified atom stereocenters. The highest BCUT2D eigenvalue weighted by molar-refractivity contribution is 7.09. The zero-order valence-corrected chi connectivity index (χ0v) is 19.8. The number of thiophene rings is 1. The fourth-order valence-corrected chi connectivity index (χ4v) is 4.91. The highest BCUT2D eigenvalue weighted by Crippen LogP contribution is 2.35. The number of halogens is 6. The highest BCUT2D eigenvalue weighted by Gasteiger charge is 2.42. The topological polar surface area (TPSA) is 112 Å². The lowest BCUT2D eigenvalue weighted by atomic mass is 9.92. The number of fused-ring (bicyclic) bond motifs is 1. The summed E-state index contributed by atoms with van der Waals surface area (Å²) in [7, 11) is 2.29. The monoisotopic (exact) mass is 545 g/mol. The Bertz CT molecular complexity index is 929. The minimum atomic E-state index is -5.08. The van der Waals surface area contributed by atoms with E-state index < -0.39 is 24.3 Å². The van der Waals surface area contributed by atoms with Gasteiger partial charge in [-0.2, -0.15) is 31.4 Å². The molecule has 4 rings (SSSR count). The fraction of sp³-hybridized carbons (Fsp3) is 0.600. The number of carboxylic acid groups (broad SMARTS) is 2. The molecule has 2 aromatic rings. The lowest BCUT2D eigenvalue weighted by Gasteiger charge is -2.37. The number of aromatic nitrogens is 3. The molecule has 36 heavy (non-hydrogen) atoms. The van der Waals surface area contributed by atoms with Crippen LogP contribution in [-0.4, -0.2) is 91.3 Å². The molecule has 9 nitrogen and oxygen atoms in total. The van der Waals surface area contributed by atoms with Crippen LogP contribution in [-0.2, 0) is 22.7 Å². The quantitative estimate of drug-likeness (QED) is 0.564. The van der Waals surface area contributed by atoms with Crippen molar-refractivity contribution in [2.45, 2.75) is 50.4 Å². The SMILES string of the molecule is CN1[C@H](Cn2cncn2)C[C@@H]2CN(Cc3cccs3)CC[C@@H]21.O=C(O)C(F)(F)F.O=C(O)C(F)(F)F. The maximum atomic E-state index is 10.6. The van der Waals surface area contributed by atoms with E-state index in [1.165, 1.54) is 30.8 Å².